The van der Waals surface area contributed by atoms with E-state index in [1.807, 2.05) is 13.0 Å². The zero-order chi connectivity index (χ0) is 98.7. The standard InChI is InChI=1S/C89H116N22O23S2/c1-6-8-18-66-84(129)97-58(27-29-75(119)120)81(126)103-65(80(125)94-40-73(91)117)44-135-45-74(118)96-60(31-48-22-24-53(113)25-23-48)77-104-105-106-111(77)47(3)78(123)100-63(37-76(121)122)88(133)109-30-14-20-67(109)85(130)99-61(35-52-39-92-46-95-52)82(127)98-59(26-28-72(90)116)87(132)110-41-54(114)36-69(110)70(115)34-49(32-50-38-93-57-17-12-10-15-55(50)57)79(124)102-64(42-112)83(128)101-62(33-51-43-136-71-21-13-11-16-56(51)71)86(131)108(5)68(19-9-7-2)89(134)107(66)4/h10-13,15-17,21-25,38-39,43,46-47,49,54,58-69,93,112-114H,6-9,14,18-20,26-37,40-42,44-45H2,1-5H3,(H2,90,116)(H2,91,117)(H,92,95)(H,94,125)(H,96,118)(H,97,129)(H,98,127)(H,99,130)(H,100,123)(H,101,128)(H,102,124)(H,103,126)(H,119,120)(H,121,122)/t47-,49+,54+,58-,59-,60-,61-,62-,63-,64-,65-,66-,67-,68-,69-/m0/s1. The summed E-state index contributed by atoms with van der Waals surface area (Å²) >= 11 is 2.06. The first-order valence-electron chi connectivity index (χ1n) is 44.7. The number of Topliss-reactive ketones (excluding diaryl/α,β-unsaturated/α-hetero) is 1. The zero-order valence-corrected chi connectivity index (χ0v) is 77.3. The van der Waals surface area contributed by atoms with Gasteiger partial charge >= 0.3 is 11.9 Å². The van der Waals surface area contributed by atoms with Gasteiger partial charge in [-0.25, -0.2) is 9.67 Å². The molecule has 45 nitrogen and oxygen atoms in total. The van der Waals surface area contributed by atoms with Gasteiger partial charge in [0, 0.05) is 112 Å². The van der Waals surface area contributed by atoms with Crippen molar-refractivity contribution in [3.8, 4) is 5.75 Å². The topological polar surface area (TPSA) is 670 Å². The molecule has 15 amide bonds. The average molecular weight is 1930 g/mol. The number of benzene rings is 3. The number of ketones is 1. The number of aromatic hydroxyl groups is 1. The molecule has 732 valence electrons. The van der Waals surface area contributed by atoms with Crippen molar-refractivity contribution in [1.29, 1.82) is 0 Å². The molecule has 136 heavy (non-hydrogen) atoms. The van der Waals surface area contributed by atoms with Crippen molar-refractivity contribution in [1.82, 2.24) is 103 Å². The number of imidazole rings is 1. The first kappa shape index (κ1) is 104. The second-order valence-electron chi connectivity index (χ2n) is 34.0. The Labute approximate surface area is 788 Å². The number of primary amides is 2. The predicted molar refractivity (Wildman–Crippen MR) is 489 cm³/mol. The van der Waals surface area contributed by atoms with E-state index in [0.717, 1.165) is 40.7 Å². The molecule has 20 N–H and O–H groups in total. The van der Waals surface area contributed by atoms with E-state index in [9.17, 15) is 73.5 Å². The number of unbranched alkanes of at least 4 members (excludes halogenated alkanes) is 2. The van der Waals surface area contributed by atoms with Crippen molar-refractivity contribution in [2.24, 2.45) is 17.4 Å². The molecule has 3 aliphatic heterocycles. The van der Waals surface area contributed by atoms with Crippen LogP contribution in [0.4, 0.5) is 0 Å². The fraction of sp³-hybridized carbons (Fsp3) is 0.506. The Hall–Kier alpha value is -13.8. The highest BCUT2D eigenvalue weighted by molar-refractivity contribution is 8.00. The second-order valence-corrected chi connectivity index (χ2v) is 35.9. The third-order valence-corrected chi connectivity index (χ3v) is 26.1. The molecule has 3 aliphatic rings. The summed E-state index contributed by atoms with van der Waals surface area (Å²) in [6.07, 6.45) is -1.63. The average Bonchev–Trinajstić information content (AvgIpc) is 1.51. The highest BCUT2D eigenvalue weighted by Crippen LogP contribution is 2.32. The summed E-state index contributed by atoms with van der Waals surface area (Å²) in [7, 11) is 2.61. The molecule has 0 unspecified atom stereocenters. The number of hydrogen-bond acceptors (Lipinski definition) is 27. The van der Waals surface area contributed by atoms with Gasteiger partial charge in [-0.3, -0.25) is 86.3 Å². The number of thioether (sulfide) groups is 1. The van der Waals surface area contributed by atoms with Gasteiger partial charge < -0.3 is 114 Å². The fourth-order valence-electron chi connectivity index (χ4n) is 16.7. The molecule has 2 fully saturated rings. The summed E-state index contributed by atoms with van der Waals surface area (Å²) in [5.41, 5.74) is 13.4. The largest absolute Gasteiger partial charge is 0.508 e. The summed E-state index contributed by atoms with van der Waals surface area (Å²) in [6, 6.07) is -1.39. The molecule has 0 bridgehead atoms. The summed E-state index contributed by atoms with van der Waals surface area (Å²) in [5.74, 6) is -21.8. The number of carbonyl (C=O) groups is 18. The van der Waals surface area contributed by atoms with Crippen LogP contribution in [0.1, 0.15) is 157 Å². The number of H-pyrrole nitrogens is 2. The molecular weight excluding hydrogens is 1810 g/mol. The number of aliphatic hydroxyl groups is 2. The number of carboxylic acids is 2. The molecule has 0 spiro atoms. The highest BCUT2D eigenvalue weighted by atomic mass is 32.2. The van der Waals surface area contributed by atoms with E-state index < -0.39 is 279 Å². The Morgan fingerprint density at radius 3 is 1.92 bits per heavy atom. The molecule has 7 heterocycles. The van der Waals surface area contributed by atoms with Crippen LogP contribution < -0.4 is 59.3 Å². The van der Waals surface area contributed by atoms with Gasteiger partial charge in [0.05, 0.1) is 55.5 Å². The molecule has 7 aromatic rings. The van der Waals surface area contributed by atoms with Gasteiger partial charge in [-0.15, -0.1) is 28.2 Å². The van der Waals surface area contributed by atoms with Crippen LogP contribution in [0.3, 0.4) is 0 Å². The minimum Gasteiger partial charge on any atom is -0.508 e. The maximum Gasteiger partial charge on any atom is 0.305 e. The van der Waals surface area contributed by atoms with Gasteiger partial charge in [0.2, 0.25) is 88.6 Å². The molecule has 2 saturated heterocycles. The Balaban J connectivity index is 1.03. The molecule has 0 radical (unpaired) electrons. The SMILES string of the molecule is CCCC[C@H]1C(=O)N(C)[C@@H](CCCC)C(=O)N[C@@H](CCC(=O)O)C(=O)N[C@H](C(=O)NCC(N)=O)CSCC(=O)N[C@@H](Cc2ccc(O)cc2)c2nnnn2[C@@H](C)C(=O)N[C@@H](CC(=O)O)C(=O)N2CCC[C@H]2C(=O)N[C@@H](Cc2c[nH]cn2)C(=O)N[C@@H](CCC(N)=O)C(=O)N2C[C@H](O)C[C@H]2C(=O)C[C@@H](Cc2c[nH]c3ccccc23)C(=O)N[C@@H](CO)C(=O)N[C@@H](Cc2csc3ccccc23)C(=O)N1C. The molecule has 0 saturated carbocycles. The van der Waals surface area contributed by atoms with E-state index in [1.54, 1.807) is 61.0 Å². The number of phenolic OH excluding ortho intramolecular Hbond substituents is 1. The summed E-state index contributed by atoms with van der Waals surface area (Å²) in [5, 5.41) is 91.5. The fourth-order valence-corrected chi connectivity index (χ4v) is 18.6. The van der Waals surface area contributed by atoms with Crippen LogP contribution in [0.2, 0.25) is 0 Å². The number of aliphatic hydroxyl groups excluding tert-OH is 2. The number of nitrogens with zero attached hydrogens (tertiary/aromatic N) is 9. The molecule has 47 heteroatoms. The third-order valence-electron chi connectivity index (χ3n) is 24.1. The number of tetrazole rings is 1. The van der Waals surface area contributed by atoms with Gasteiger partial charge in [0.1, 0.15) is 72.2 Å². The highest BCUT2D eigenvalue weighted by Gasteiger charge is 2.47. The number of rotatable bonds is 26. The Morgan fingerprint density at radius 1 is 0.596 bits per heavy atom. The van der Waals surface area contributed by atoms with E-state index in [4.69, 9.17) is 11.5 Å². The van der Waals surface area contributed by atoms with Gasteiger partial charge in [-0.2, -0.15) is 0 Å². The first-order valence-corrected chi connectivity index (χ1v) is 46.8. The van der Waals surface area contributed by atoms with Crippen LogP contribution in [-0.4, -0.2) is 311 Å². The van der Waals surface area contributed by atoms with E-state index in [0.29, 0.717) is 52.2 Å². The molecule has 3 aromatic carbocycles. The van der Waals surface area contributed by atoms with E-state index in [-0.39, 0.29) is 75.2 Å². The van der Waals surface area contributed by atoms with Crippen molar-refractivity contribution < 1.29 is 112 Å². The van der Waals surface area contributed by atoms with Crippen LogP contribution in [-0.2, 0) is 112 Å². The van der Waals surface area contributed by atoms with Crippen molar-refractivity contribution in [2.45, 2.75) is 227 Å². The Morgan fingerprint density at radius 2 is 1.24 bits per heavy atom. The van der Waals surface area contributed by atoms with Crippen molar-refractivity contribution >= 4 is 150 Å². The number of carbonyl (C=O) groups excluding carboxylic acids is 16. The Kier molecular flexibility index (Phi) is 37.9. The number of nitrogens with two attached hydrogens (primary N) is 2. The van der Waals surface area contributed by atoms with E-state index >= 15 is 38.4 Å². The van der Waals surface area contributed by atoms with Crippen molar-refractivity contribution in [3.05, 3.63) is 125 Å². The van der Waals surface area contributed by atoms with Crippen LogP contribution >= 0.6 is 23.1 Å². The quantitative estimate of drug-likeness (QED) is 0.0290. The number of carboxylic acid groups (broad SMARTS) is 2. The lowest BCUT2D eigenvalue weighted by molar-refractivity contribution is -0.149. The molecule has 4 aromatic heterocycles. The van der Waals surface area contributed by atoms with Crippen LogP contribution in [0.15, 0.2) is 96.9 Å². The van der Waals surface area contributed by atoms with Crippen LogP contribution in [0.5, 0.6) is 5.75 Å². The first-order chi connectivity index (χ1) is 64.9. The second kappa shape index (κ2) is 49.4. The number of aromatic nitrogens is 7. The monoisotopic (exact) mass is 1920 g/mol. The summed E-state index contributed by atoms with van der Waals surface area (Å²) < 4.78 is 1.75. The maximum atomic E-state index is 15.7. The molecule has 0 aliphatic carbocycles. The number of fused-ring (bicyclic) bond motifs is 5. The van der Waals surface area contributed by atoms with Gasteiger partial charge in [-0.05, 0) is 114 Å². The van der Waals surface area contributed by atoms with Crippen molar-refractivity contribution in [3.63, 3.8) is 0 Å². The Bertz CT molecular complexity index is 5480. The molecule has 10 rings (SSSR count). The predicted octanol–water partition coefficient (Wildman–Crippen LogP) is -1.61. The number of amides is 15. The number of phenols is 1. The number of likely N-dealkylation sites (N-methyl/N-ethyl adjacent to an activating group) is 2. The van der Waals surface area contributed by atoms with Crippen molar-refractivity contribution in [2.75, 3.05) is 51.8 Å². The van der Waals surface area contributed by atoms with E-state index in [2.05, 4.69) is 78.3 Å². The number of aliphatic carboxylic acids is 2. The maximum absolute atomic E-state index is 15.7. The minimum absolute atomic E-state index is 0.0450. The van der Waals surface area contributed by atoms with Crippen LogP contribution in [0, 0.1) is 5.92 Å². The van der Waals surface area contributed by atoms with Crippen LogP contribution in [0.25, 0.3) is 21.0 Å². The number of thiophene rings is 1. The summed E-state index contributed by atoms with van der Waals surface area (Å²) in [4.78, 5) is 275. The normalized spacial score (nSPS) is 24.5. The lowest BCUT2D eigenvalue weighted by atomic mass is 9.90. The lowest BCUT2D eigenvalue weighted by Crippen LogP contribution is -2.61. The smallest absolute Gasteiger partial charge is 0.305 e. The summed E-state index contributed by atoms with van der Waals surface area (Å²) in [6.45, 7) is 2.25. The van der Waals surface area contributed by atoms with Gasteiger partial charge in [0.15, 0.2) is 11.6 Å². The number of para-hydroxylation sites is 1. The number of hydrogen-bond donors (Lipinski definition) is 18. The van der Waals surface area contributed by atoms with E-state index in [1.165, 1.54) is 69.1 Å². The third kappa shape index (κ3) is 28.2. The van der Waals surface area contributed by atoms with Gasteiger partial charge in [-0.1, -0.05) is 88.1 Å². The molecule has 15 atom stereocenters. The van der Waals surface area contributed by atoms with Gasteiger partial charge in [0.25, 0.3) is 0 Å². The number of nitrogens with one attached hydrogen (secondary N) is 11. The lowest BCUT2D eigenvalue weighted by Gasteiger charge is -2.36. The molecular formula is C89H116N22O23S2. The zero-order valence-electron chi connectivity index (χ0n) is 75.7. The number of aromatic amines is 2. The minimum atomic E-state index is -1.93.